The maximum Gasteiger partial charge on any atom is 0.550 e. The third kappa shape index (κ3) is 10.8. The van der Waals surface area contributed by atoms with Crippen LogP contribution in [-0.4, -0.2) is 25.0 Å². The molecule has 0 saturated heterocycles. The lowest BCUT2D eigenvalue weighted by molar-refractivity contribution is -0.220. The molecule has 0 N–H and O–H groups in total. The second kappa shape index (κ2) is 9.74. The first-order valence-electron chi connectivity index (χ1n) is 5.78. The lowest BCUT2D eigenvalue weighted by atomic mass is 10.2. The van der Waals surface area contributed by atoms with Crippen LogP contribution in [0.15, 0.2) is 0 Å². The largest absolute Gasteiger partial charge is 0.550 e. The van der Waals surface area contributed by atoms with Gasteiger partial charge in [0.1, 0.15) is 0 Å². The Kier molecular flexibility index (Phi) is 8.91. The Morgan fingerprint density at radius 1 is 1.00 bits per heavy atom. The molecule has 0 aromatic heterocycles. The zero-order valence-corrected chi connectivity index (χ0v) is 10.6. The van der Waals surface area contributed by atoms with Gasteiger partial charge in [-0.15, -0.1) is 0 Å². The van der Waals surface area contributed by atoms with Gasteiger partial charge in [-0.25, -0.2) is 0 Å². The highest BCUT2D eigenvalue weighted by molar-refractivity contribution is 5.63. The van der Waals surface area contributed by atoms with Gasteiger partial charge >= 0.3 is 12.3 Å². The Bertz CT molecular complexity index is 226. The first-order chi connectivity index (χ1) is 8.06. The summed E-state index contributed by atoms with van der Waals surface area (Å²) >= 11 is 0. The van der Waals surface area contributed by atoms with Gasteiger partial charge in [-0.2, -0.15) is 19.4 Å². The van der Waals surface area contributed by atoms with Crippen molar-refractivity contribution in [1.29, 1.82) is 0 Å². The Balaban J connectivity index is 3.43. The van der Waals surface area contributed by atoms with Gasteiger partial charge in [0.2, 0.25) is 0 Å². The summed E-state index contributed by atoms with van der Waals surface area (Å²) in [5.41, 5.74) is 0. The molecule has 0 rings (SSSR count). The highest BCUT2D eigenvalue weighted by Gasteiger charge is 2.12. The third-order valence-electron chi connectivity index (χ3n) is 1.73. The lowest BCUT2D eigenvalue weighted by Crippen LogP contribution is -2.17. The van der Waals surface area contributed by atoms with E-state index in [1.807, 2.05) is 0 Å². The number of hydrogen-bond acceptors (Lipinski definition) is 6. The van der Waals surface area contributed by atoms with Crippen molar-refractivity contribution < 1.29 is 28.8 Å². The van der Waals surface area contributed by atoms with Crippen LogP contribution in [0.25, 0.3) is 0 Å². The second-order valence-electron chi connectivity index (χ2n) is 3.74. The second-order valence-corrected chi connectivity index (χ2v) is 3.74. The summed E-state index contributed by atoms with van der Waals surface area (Å²) in [7, 11) is 0. The molecular weight excluding hydrogens is 228 g/mol. The Labute approximate surface area is 101 Å². The smallest absolute Gasteiger partial charge is 0.432 e. The van der Waals surface area contributed by atoms with Gasteiger partial charge in [-0.3, -0.25) is 0 Å². The van der Waals surface area contributed by atoms with Crippen molar-refractivity contribution in [2.75, 3.05) is 6.61 Å². The van der Waals surface area contributed by atoms with Crippen LogP contribution in [0, 0.1) is 0 Å². The molecule has 0 heterocycles. The van der Waals surface area contributed by atoms with Crippen LogP contribution < -0.4 is 0 Å². The molecule has 0 fully saturated rings. The van der Waals surface area contributed by atoms with Gasteiger partial charge < -0.3 is 9.47 Å². The number of ether oxygens (including phenoxy) is 2. The minimum atomic E-state index is -1.07. The summed E-state index contributed by atoms with van der Waals surface area (Å²) in [6.07, 6.45) is 1.50. The van der Waals surface area contributed by atoms with Crippen molar-refractivity contribution in [2.45, 2.75) is 52.6 Å². The summed E-state index contributed by atoms with van der Waals surface area (Å²) in [5, 5.41) is 0. The van der Waals surface area contributed by atoms with Crippen LogP contribution in [0.2, 0.25) is 0 Å². The fourth-order valence-corrected chi connectivity index (χ4v) is 0.989. The van der Waals surface area contributed by atoms with Crippen molar-refractivity contribution in [2.24, 2.45) is 0 Å². The molecule has 6 nitrogen and oxygen atoms in total. The van der Waals surface area contributed by atoms with Gasteiger partial charge in [0.15, 0.2) is 0 Å². The monoisotopic (exact) mass is 248 g/mol. The standard InChI is InChI=1S/C11H20O6/c1-4-5-6-7-8-14-10(12)16-17-11(13)15-9(2)3/h9H,4-8H2,1-3H3. The van der Waals surface area contributed by atoms with Crippen LogP contribution in [0.3, 0.4) is 0 Å². The normalized spacial score (nSPS) is 9.88. The van der Waals surface area contributed by atoms with Crippen molar-refractivity contribution in [1.82, 2.24) is 0 Å². The topological polar surface area (TPSA) is 71.1 Å². The Morgan fingerprint density at radius 2 is 1.65 bits per heavy atom. The molecule has 0 aromatic carbocycles. The lowest BCUT2D eigenvalue weighted by Gasteiger charge is -2.06. The zero-order chi connectivity index (χ0) is 13.1. The SMILES string of the molecule is CCCCCCOC(=O)OOC(=O)OC(C)C. The molecule has 0 atom stereocenters. The summed E-state index contributed by atoms with van der Waals surface area (Å²) in [6.45, 7) is 5.63. The minimum absolute atomic E-state index is 0.251. The predicted molar refractivity (Wildman–Crippen MR) is 59.3 cm³/mol. The summed E-state index contributed by atoms with van der Waals surface area (Å²) in [5.74, 6) is 0. The fourth-order valence-electron chi connectivity index (χ4n) is 0.989. The Morgan fingerprint density at radius 3 is 2.24 bits per heavy atom. The number of carbonyl (C=O) groups is 2. The van der Waals surface area contributed by atoms with Crippen molar-refractivity contribution in [3.8, 4) is 0 Å². The fraction of sp³-hybridized carbons (Fsp3) is 0.818. The van der Waals surface area contributed by atoms with E-state index in [9.17, 15) is 9.59 Å². The van der Waals surface area contributed by atoms with E-state index in [2.05, 4.69) is 26.2 Å². The van der Waals surface area contributed by atoms with Crippen LogP contribution in [0.4, 0.5) is 9.59 Å². The molecule has 6 heteroatoms. The molecule has 0 aliphatic carbocycles. The number of unbranched alkanes of at least 4 members (excludes halogenated alkanes) is 3. The van der Waals surface area contributed by atoms with Crippen LogP contribution in [0.5, 0.6) is 0 Å². The molecule has 0 spiro atoms. The molecule has 17 heavy (non-hydrogen) atoms. The van der Waals surface area contributed by atoms with Gasteiger partial charge in [-0.05, 0) is 20.3 Å². The molecule has 0 bridgehead atoms. The van der Waals surface area contributed by atoms with Crippen LogP contribution in [-0.2, 0) is 19.2 Å². The average molecular weight is 248 g/mol. The molecule has 0 aromatic rings. The van der Waals surface area contributed by atoms with Crippen molar-refractivity contribution >= 4 is 12.3 Å². The molecule has 100 valence electrons. The van der Waals surface area contributed by atoms with E-state index in [1.54, 1.807) is 13.8 Å². The molecule has 0 amide bonds. The minimum Gasteiger partial charge on any atom is -0.432 e. The third-order valence-corrected chi connectivity index (χ3v) is 1.73. The van der Waals surface area contributed by atoms with E-state index in [-0.39, 0.29) is 12.7 Å². The maximum atomic E-state index is 10.9. The summed E-state index contributed by atoms with van der Waals surface area (Å²) in [6, 6.07) is 0. The van der Waals surface area contributed by atoms with Crippen molar-refractivity contribution in [3.05, 3.63) is 0 Å². The number of hydrogen-bond donors (Lipinski definition) is 0. The highest BCUT2D eigenvalue weighted by atomic mass is 17.3. The first-order valence-corrected chi connectivity index (χ1v) is 5.78. The van der Waals surface area contributed by atoms with Gasteiger partial charge in [0.25, 0.3) is 0 Å². The van der Waals surface area contributed by atoms with E-state index >= 15 is 0 Å². The first kappa shape index (κ1) is 15.5. The number of carbonyl (C=O) groups excluding carboxylic acids is 2. The molecule has 0 aliphatic rings. The Hall–Kier alpha value is -1.46. The van der Waals surface area contributed by atoms with Crippen molar-refractivity contribution in [3.63, 3.8) is 0 Å². The van der Waals surface area contributed by atoms with E-state index in [1.165, 1.54) is 0 Å². The molecule has 0 aliphatic heterocycles. The molecule has 0 radical (unpaired) electrons. The van der Waals surface area contributed by atoms with Crippen LogP contribution >= 0.6 is 0 Å². The van der Waals surface area contributed by atoms with E-state index < -0.39 is 12.3 Å². The van der Waals surface area contributed by atoms with E-state index in [4.69, 9.17) is 0 Å². The molecule has 0 saturated carbocycles. The maximum absolute atomic E-state index is 10.9. The van der Waals surface area contributed by atoms with E-state index in [0.717, 1.165) is 25.7 Å². The average Bonchev–Trinajstić information content (AvgIpc) is 2.25. The van der Waals surface area contributed by atoms with Gasteiger partial charge in [0, 0.05) is 0 Å². The molecule has 0 unspecified atom stereocenters. The highest BCUT2D eigenvalue weighted by Crippen LogP contribution is 2.00. The molecular formula is C11H20O6. The summed E-state index contributed by atoms with van der Waals surface area (Å²) in [4.78, 5) is 29.8. The quantitative estimate of drug-likeness (QED) is 0.311. The van der Waals surface area contributed by atoms with Gasteiger partial charge in [-0.1, -0.05) is 26.2 Å². The van der Waals surface area contributed by atoms with E-state index in [0.29, 0.717) is 0 Å². The van der Waals surface area contributed by atoms with Crippen LogP contribution in [0.1, 0.15) is 46.5 Å². The van der Waals surface area contributed by atoms with Gasteiger partial charge in [0.05, 0.1) is 12.7 Å². The zero-order valence-electron chi connectivity index (χ0n) is 10.6. The summed E-state index contributed by atoms with van der Waals surface area (Å²) < 4.78 is 9.21. The number of rotatable bonds is 6. The predicted octanol–water partition coefficient (Wildman–Crippen LogP) is 3.20.